The van der Waals surface area contributed by atoms with Gasteiger partial charge in [-0.1, -0.05) is 0 Å². The topological polar surface area (TPSA) is 48.1 Å². The second-order valence-corrected chi connectivity index (χ2v) is 3.28. The Kier molecular flexibility index (Phi) is 2.64. The van der Waals surface area contributed by atoms with Crippen LogP contribution in [0.15, 0.2) is 4.47 Å². The highest BCUT2D eigenvalue weighted by molar-refractivity contribution is 9.10. The van der Waals surface area contributed by atoms with Gasteiger partial charge in [0.05, 0.1) is 16.5 Å². The fourth-order valence-corrected chi connectivity index (χ4v) is 1.90. The lowest BCUT2D eigenvalue weighted by molar-refractivity contribution is 0.399. The van der Waals surface area contributed by atoms with Gasteiger partial charge in [0.1, 0.15) is 0 Å². The molecule has 3 nitrogen and oxygen atoms in total. The fraction of sp³-hybridized carbons (Fsp3) is 0.400. The number of methoxy groups -OCH3 is 1. The Labute approximate surface area is 71.5 Å². The molecule has 0 unspecified atom stereocenters. The Morgan fingerprint density at radius 1 is 1.80 bits per heavy atom. The second kappa shape index (κ2) is 3.32. The van der Waals surface area contributed by atoms with Crippen LogP contribution >= 0.6 is 27.5 Å². The molecular formula is C5H7BrN2OS. The number of nitrogens with two attached hydrogens (primary N) is 1. The maximum absolute atomic E-state index is 5.40. The fourth-order valence-electron chi connectivity index (χ4n) is 0.550. The van der Waals surface area contributed by atoms with Crippen LogP contribution in [-0.2, 0) is 6.54 Å². The zero-order valence-corrected chi connectivity index (χ0v) is 7.83. The molecule has 1 rings (SSSR count). The molecule has 0 spiro atoms. The van der Waals surface area contributed by atoms with Gasteiger partial charge in [-0.2, -0.15) is 4.37 Å². The molecule has 56 valence electrons. The number of rotatable bonds is 2. The molecule has 1 aromatic rings. The molecule has 0 atom stereocenters. The third-order valence-electron chi connectivity index (χ3n) is 1.05. The molecule has 0 saturated heterocycles. The van der Waals surface area contributed by atoms with E-state index in [0.717, 1.165) is 9.35 Å². The average Bonchev–Trinajstić information content (AvgIpc) is 2.30. The van der Waals surface area contributed by atoms with E-state index in [0.29, 0.717) is 12.4 Å². The van der Waals surface area contributed by atoms with E-state index in [9.17, 15) is 0 Å². The van der Waals surface area contributed by atoms with Gasteiger partial charge in [0, 0.05) is 6.54 Å². The predicted octanol–water partition coefficient (Wildman–Crippen LogP) is 1.37. The Balaban J connectivity index is 2.97. The van der Waals surface area contributed by atoms with Crippen LogP contribution in [0.25, 0.3) is 0 Å². The summed E-state index contributed by atoms with van der Waals surface area (Å²) in [5.41, 5.74) is 5.40. The summed E-state index contributed by atoms with van der Waals surface area (Å²) in [4.78, 5) is 1.01. The number of hydrogen-bond donors (Lipinski definition) is 1. The summed E-state index contributed by atoms with van der Waals surface area (Å²) in [5.74, 6) is 0.616. The summed E-state index contributed by atoms with van der Waals surface area (Å²) in [6.45, 7) is 0.502. The highest BCUT2D eigenvalue weighted by Crippen LogP contribution is 2.30. The van der Waals surface area contributed by atoms with Crippen molar-refractivity contribution < 1.29 is 4.74 Å². The molecule has 0 fully saturated rings. The average molecular weight is 223 g/mol. The van der Waals surface area contributed by atoms with Crippen LogP contribution in [0.5, 0.6) is 5.88 Å². The van der Waals surface area contributed by atoms with Crippen LogP contribution in [0.4, 0.5) is 0 Å². The summed E-state index contributed by atoms with van der Waals surface area (Å²) >= 11 is 4.67. The van der Waals surface area contributed by atoms with Gasteiger partial charge in [-0.25, -0.2) is 0 Å². The maximum atomic E-state index is 5.40. The molecule has 0 radical (unpaired) electrons. The Morgan fingerprint density at radius 3 is 2.80 bits per heavy atom. The second-order valence-electron chi connectivity index (χ2n) is 1.63. The van der Waals surface area contributed by atoms with Crippen LogP contribution in [0.2, 0.25) is 0 Å². The first kappa shape index (κ1) is 7.97. The molecule has 0 amide bonds. The van der Waals surface area contributed by atoms with E-state index in [2.05, 4.69) is 20.3 Å². The Morgan fingerprint density at radius 2 is 2.50 bits per heavy atom. The van der Waals surface area contributed by atoms with Crippen molar-refractivity contribution in [3.8, 4) is 5.88 Å². The first-order chi connectivity index (χ1) is 4.79. The van der Waals surface area contributed by atoms with E-state index in [4.69, 9.17) is 10.5 Å². The Hall–Kier alpha value is -0.130. The van der Waals surface area contributed by atoms with Crippen LogP contribution in [-0.4, -0.2) is 11.5 Å². The number of nitrogens with zero attached hydrogens (tertiary/aromatic N) is 1. The smallest absolute Gasteiger partial charge is 0.239 e. The lowest BCUT2D eigenvalue weighted by atomic mass is 10.5. The highest BCUT2D eigenvalue weighted by Gasteiger charge is 2.08. The highest BCUT2D eigenvalue weighted by atomic mass is 79.9. The molecule has 1 heterocycles. The number of aromatic nitrogens is 1. The summed E-state index contributed by atoms with van der Waals surface area (Å²) < 4.78 is 9.80. The van der Waals surface area contributed by atoms with Gasteiger partial charge in [0.15, 0.2) is 0 Å². The molecule has 0 saturated carbocycles. The molecule has 10 heavy (non-hydrogen) atoms. The van der Waals surface area contributed by atoms with Gasteiger partial charge < -0.3 is 10.5 Å². The molecular weight excluding hydrogens is 216 g/mol. The van der Waals surface area contributed by atoms with Crippen molar-refractivity contribution in [2.75, 3.05) is 7.11 Å². The third kappa shape index (κ3) is 1.31. The molecule has 2 N–H and O–H groups in total. The van der Waals surface area contributed by atoms with Crippen molar-refractivity contribution in [2.45, 2.75) is 6.54 Å². The number of halogens is 1. The van der Waals surface area contributed by atoms with Crippen LogP contribution in [0.1, 0.15) is 4.88 Å². The van der Waals surface area contributed by atoms with Crippen molar-refractivity contribution in [3.05, 3.63) is 9.35 Å². The van der Waals surface area contributed by atoms with Gasteiger partial charge in [0.25, 0.3) is 0 Å². The van der Waals surface area contributed by atoms with Crippen LogP contribution in [0, 0.1) is 0 Å². The van der Waals surface area contributed by atoms with E-state index in [-0.39, 0.29) is 0 Å². The molecule has 0 aliphatic rings. The summed E-state index contributed by atoms with van der Waals surface area (Å²) in [6.07, 6.45) is 0. The largest absolute Gasteiger partial charge is 0.480 e. The first-order valence-electron chi connectivity index (χ1n) is 2.67. The molecule has 0 aliphatic heterocycles. The minimum absolute atomic E-state index is 0.502. The van der Waals surface area contributed by atoms with E-state index in [1.165, 1.54) is 11.5 Å². The molecule has 0 aliphatic carbocycles. The quantitative estimate of drug-likeness (QED) is 0.823. The molecule has 1 aromatic heterocycles. The SMILES string of the molecule is COc1nsc(CN)c1Br. The summed E-state index contributed by atoms with van der Waals surface area (Å²) in [5, 5.41) is 0. The summed E-state index contributed by atoms with van der Waals surface area (Å²) in [6, 6.07) is 0. The first-order valence-corrected chi connectivity index (χ1v) is 4.24. The zero-order valence-electron chi connectivity index (χ0n) is 5.43. The van der Waals surface area contributed by atoms with Gasteiger partial charge in [0.2, 0.25) is 5.88 Å². The zero-order chi connectivity index (χ0) is 7.56. The van der Waals surface area contributed by atoms with Crippen molar-refractivity contribution in [1.29, 1.82) is 0 Å². The lowest BCUT2D eigenvalue weighted by Gasteiger charge is -1.92. The molecule has 0 bridgehead atoms. The maximum Gasteiger partial charge on any atom is 0.239 e. The predicted molar refractivity (Wildman–Crippen MR) is 44.3 cm³/mol. The summed E-state index contributed by atoms with van der Waals surface area (Å²) in [7, 11) is 1.58. The van der Waals surface area contributed by atoms with E-state index >= 15 is 0 Å². The third-order valence-corrected chi connectivity index (χ3v) is 2.98. The van der Waals surface area contributed by atoms with Crippen LogP contribution < -0.4 is 10.5 Å². The minimum Gasteiger partial charge on any atom is -0.480 e. The van der Waals surface area contributed by atoms with E-state index < -0.39 is 0 Å². The van der Waals surface area contributed by atoms with Gasteiger partial charge in [-0.15, -0.1) is 0 Å². The lowest BCUT2D eigenvalue weighted by Crippen LogP contribution is -1.93. The van der Waals surface area contributed by atoms with Crippen molar-refractivity contribution >= 4 is 27.5 Å². The normalized spacial score (nSPS) is 9.90. The van der Waals surface area contributed by atoms with E-state index in [1.54, 1.807) is 7.11 Å². The van der Waals surface area contributed by atoms with Gasteiger partial charge >= 0.3 is 0 Å². The standard InChI is InChI=1S/C5H7BrN2OS/c1-9-5-4(6)3(2-7)10-8-5/h2,7H2,1H3. The monoisotopic (exact) mass is 222 g/mol. The van der Waals surface area contributed by atoms with Crippen LogP contribution in [0.3, 0.4) is 0 Å². The van der Waals surface area contributed by atoms with Gasteiger partial charge in [-0.3, -0.25) is 0 Å². The number of hydrogen-bond acceptors (Lipinski definition) is 4. The van der Waals surface area contributed by atoms with Crippen molar-refractivity contribution in [2.24, 2.45) is 5.73 Å². The van der Waals surface area contributed by atoms with Crippen molar-refractivity contribution in [3.63, 3.8) is 0 Å². The number of ether oxygens (including phenoxy) is 1. The van der Waals surface area contributed by atoms with E-state index in [1.807, 2.05) is 0 Å². The van der Waals surface area contributed by atoms with Crippen molar-refractivity contribution in [1.82, 2.24) is 4.37 Å². The Bertz CT molecular complexity index is 204. The molecule has 0 aromatic carbocycles. The minimum atomic E-state index is 0.502. The molecule has 5 heteroatoms. The van der Waals surface area contributed by atoms with Gasteiger partial charge in [-0.05, 0) is 27.5 Å².